The third-order valence-electron chi connectivity index (χ3n) is 4.86. The molecule has 0 amide bonds. The van der Waals surface area contributed by atoms with Crippen LogP contribution in [-0.4, -0.2) is 31.0 Å². The average molecular weight is 450 g/mol. The van der Waals surface area contributed by atoms with Gasteiger partial charge in [0.1, 0.15) is 0 Å². The maximum absolute atomic E-state index is 12.9. The molecule has 30 heavy (non-hydrogen) atoms. The van der Waals surface area contributed by atoms with Gasteiger partial charge in [-0.1, -0.05) is 12.1 Å². The summed E-state index contributed by atoms with van der Waals surface area (Å²) in [5.41, 5.74) is 9.31. The van der Waals surface area contributed by atoms with Gasteiger partial charge >= 0.3 is 0 Å². The van der Waals surface area contributed by atoms with E-state index >= 15 is 0 Å². The highest BCUT2D eigenvalue weighted by atomic mass is 32.2. The van der Waals surface area contributed by atoms with Crippen LogP contribution in [0.4, 0.5) is 5.95 Å². The summed E-state index contributed by atoms with van der Waals surface area (Å²) in [5.74, 6) is -0.416. The second-order valence-corrected chi connectivity index (χ2v) is 10.6. The maximum atomic E-state index is 12.9. The van der Waals surface area contributed by atoms with Crippen LogP contribution in [0, 0.1) is 27.7 Å². The molecule has 1 heterocycles. The van der Waals surface area contributed by atoms with Gasteiger partial charge < -0.3 is 5.73 Å². The summed E-state index contributed by atoms with van der Waals surface area (Å²) in [4.78, 5) is 4.01. The Morgan fingerprint density at radius 3 is 1.97 bits per heavy atom. The number of aromatic nitrogens is 3. The van der Waals surface area contributed by atoms with E-state index < -0.39 is 20.0 Å². The van der Waals surface area contributed by atoms with Crippen molar-refractivity contribution in [1.82, 2.24) is 18.9 Å². The molecule has 0 spiro atoms. The number of anilines is 1. The van der Waals surface area contributed by atoms with E-state index in [-0.39, 0.29) is 28.1 Å². The van der Waals surface area contributed by atoms with Crippen molar-refractivity contribution in [2.75, 3.05) is 5.73 Å². The third kappa shape index (κ3) is 4.23. The zero-order valence-electron chi connectivity index (χ0n) is 17.0. The molecular weight excluding hydrogens is 426 g/mol. The Morgan fingerprint density at radius 1 is 0.867 bits per heavy atom. The second kappa shape index (κ2) is 7.82. The first-order valence-corrected chi connectivity index (χ1v) is 12.0. The molecule has 0 aliphatic heterocycles. The van der Waals surface area contributed by atoms with Crippen molar-refractivity contribution in [2.24, 2.45) is 0 Å². The molecule has 0 atom stereocenters. The van der Waals surface area contributed by atoms with E-state index in [1.54, 1.807) is 25.1 Å². The summed E-state index contributed by atoms with van der Waals surface area (Å²) in [6, 6.07) is 9.44. The quantitative estimate of drug-likeness (QED) is 0.585. The standard InChI is InChI=1S/C19H23N5O4S2/c1-12-5-7-16(9-14(12)3)29(25,26)21-11-18-22-19(20)24(23-18)30(27,28)17-8-6-13(2)15(4)10-17/h5-10,21H,11H2,1-4H3,(H2,20,22,23). The van der Waals surface area contributed by atoms with Gasteiger partial charge in [0.25, 0.3) is 10.0 Å². The number of benzene rings is 2. The van der Waals surface area contributed by atoms with Crippen LogP contribution in [-0.2, 0) is 26.6 Å². The molecule has 0 aliphatic carbocycles. The molecule has 0 saturated carbocycles. The Kier molecular flexibility index (Phi) is 5.72. The number of nitrogens with one attached hydrogen (secondary N) is 1. The van der Waals surface area contributed by atoms with Gasteiger partial charge in [0, 0.05) is 0 Å². The molecule has 160 valence electrons. The molecule has 3 N–H and O–H groups in total. The van der Waals surface area contributed by atoms with Crippen LogP contribution >= 0.6 is 0 Å². The van der Waals surface area contributed by atoms with Crippen molar-refractivity contribution in [3.05, 3.63) is 64.5 Å². The van der Waals surface area contributed by atoms with Crippen LogP contribution < -0.4 is 10.5 Å². The van der Waals surface area contributed by atoms with E-state index in [1.807, 2.05) is 20.8 Å². The first-order chi connectivity index (χ1) is 13.9. The lowest BCUT2D eigenvalue weighted by atomic mass is 10.1. The Labute approximate surface area is 176 Å². The minimum atomic E-state index is -4.06. The summed E-state index contributed by atoms with van der Waals surface area (Å²) in [5, 5.41) is 3.90. The number of aryl methyl sites for hydroxylation is 4. The van der Waals surface area contributed by atoms with Gasteiger partial charge in [-0.3, -0.25) is 0 Å². The number of rotatable bonds is 6. The van der Waals surface area contributed by atoms with Crippen LogP contribution in [0.3, 0.4) is 0 Å². The summed E-state index contributed by atoms with van der Waals surface area (Å²) >= 11 is 0. The smallest absolute Gasteiger partial charge is 0.286 e. The number of nitrogens with two attached hydrogens (primary N) is 1. The van der Waals surface area contributed by atoms with Crippen LogP contribution in [0.25, 0.3) is 0 Å². The van der Waals surface area contributed by atoms with Gasteiger partial charge in [0.05, 0.1) is 16.3 Å². The van der Waals surface area contributed by atoms with E-state index in [0.29, 0.717) is 4.09 Å². The van der Waals surface area contributed by atoms with E-state index in [1.165, 1.54) is 18.2 Å². The number of hydrogen-bond acceptors (Lipinski definition) is 7. The highest BCUT2D eigenvalue weighted by Gasteiger charge is 2.24. The molecule has 11 heteroatoms. The Hall–Kier alpha value is -2.76. The van der Waals surface area contributed by atoms with Gasteiger partial charge in [0.2, 0.25) is 16.0 Å². The highest BCUT2D eigenvalue weighted by Crippen LogP contribution is 2.19. The Morgan fingerprint density at radius 2 is 1.40 bits per heavy atom. The molecule has 0 unspecified atom stereocenters. The molecule has 3 aromatic rings. The maximum Gasteiger partial charge on any atom is 0.286 e. The fourth-order valence-corrected chi connectivity index (χ4v) is 5.02. The molecule has 0 radical (unpaired) electrons. The van der Waals surface area contributed by atoms with Crippen molar-refractivity contribution < 1.29 is 16.8 Å². The van der Waals surface area contributed by atoms with Crippen molar-refractivity contribution >= 4 is 26.0 Å². The predicted octanol–water partition coefficient (Wildman–Crippen LogP) is 1.81. The third-order valence-corrected chi connectivity index (χ3v) is 7.83. The monoisotopic (exact) mass is 449 g/mol. The molecule has 0 aliphatic rings. The zero-order valence-corrected chi connectivity index (χ0v) is 18.7. The van der Waals surface area contributed by atoms with Crippen LogP contribution in [0.1, 0.15) is 28.1 Å². The number of nitrogen functional groups attached to an aromatic ring is 1. The van der Waals surface area contributed by atoms with Gasteiger partial charge in [-0.05, 0) is 74.2 Å². The van der Waals surface area contributed by atoms with Crippen molar-refractivity contribution in [1.29, 1.82) is 0 Å². The topological polar surface area (TPSA) is 137 Å². The first-order valence-electron chi connectivity index (χ1n) is 9.03. The molecule has 1 aromatic heterocycles. The summed E-state index contributed by atoms with van der Waals surface area (Å²) in [7, 11) is -7.89. The van der Waals surface area contributed by atoms with Gasteiger partial charge in [0.15, 0.2) is 5.82 Å². The SMILES string of the molecule is Cc1ccc(S(=O)(=O)NCc2nc(N)n(S(=O)(=O)c3ccc(C)c(C)c3)n2)cc1C. The normalized spacial score (nSPS) is 12.3. The lowest BCUT2D eigenvalue weighted by molar-refractivity contribution is 0.577. The molecular formula is C19H23N5O4S2. The van der Waals surface area contributed by atoms with Crippen LogP contribution in [0.2, 0.25) is 0 Å². The average Bonchev–Trinajstić information content (AvgIpc) is 3.06. The van der Waals surface area contributed by atoms with Gasteiger partial charge in [-0.2, -0.15) is 13.4 Å². The highest BCUT2D eigenvalue weighted by molar-refractivity contribution is 7.90. The lowest BCUT2D eigenvalue weighted by Gasteiger charge is -2.08. The van der Waals surface area contributed by atoms with Crippen molar-refractivity contribution in [3.63, 3.8) is 0 Å². The Bertz CT molecular complexity index is 1330. The fraction of sp³-hybridized carbons (Fsp3) is 0.263. The molecule has 9 nitrogen and oxygen atoms in total. The molecule has 2 aromatic carbocycles. The van der Waals surface area contributed by atoms with E-state index in [9.17, 15) is 16.8 Å². The van der Waals surface area contributed by atoms with E-state index in [0.717, 1.165) is 22.3 Å². The predicted molar refractivity (Wildman–Crippen MR) is 113 cm³/mol. The fourth-order valence-electron chi connectivity index (χ4n) is 2.70. The van der Waals surface area contributed by atoms with Crippen LogP contribution in [0.15, 0.2) is 46.2 Å². The van der Waals surface area contributed by atoms with Crippen molar-refractivity contribution in [2.45, 2.75) is 44.0 Å². The largest absolute Gasteiger partial charge is 0.367 e. The number of nitrogens with zero attached hydrogens (tertiary/aromatic N) is 3. The van der Waals surface area contributed by atoms with E-state index in [2.05, 4.69) is 14.8 Å². The molecule has 0 fully saturated rings. The first kappa shape index (κ1) is 21.9. The summed E-state index contributed by atoms with van der Waals surface area (Å²) in [6.07, 6.45) is 0. The van der Waals surface area contributed by atoms with Gasteiger partial charge in [-0.25, -0.2) is 13.1 Å². The van der Waals surface area contributed by atoms with Crippen molar-refractivity contribution in [3.8, 4) is 0 Å². The minimum absolute atomic E-state index is 0.0180. The summed E-state index contributed by atoms with van der Waals surface area (Å²) in [6.45, 7) is 7.06. The van der Waals surface area contributed by atoms with Gasteiger partial charge in [-0.15, -0.1) is 9.19 Å². The zero-order chi connectivity index (χ0) is 22.3. The molecule has 3 rings (SSSR count). The minimum Gasteiger partial charge on any atom is -0.367 e. The number of sulfonamides is 1. The van der Waals surface area contributed by atoms with Crippen LogP contribution in [0.5, 0.6) is 0 Å². The van der Waals surface area contributed by atoms with E-state index in [4.69, 9.17) is 5.73 Å². The second-order valence-electron chi connectivity index (χ2n) is 7.05. The summed E-state index contributed by atoms with van der Waals surface area (Å²) < 4.78 is 53.8. The molecule has 0 saturated heterocycles. The molecule has 0 bridgehead atoms. The Balaban J connectivity index is 1.85. The number of hydrogen-bond donors (Lipinski definition) is 2. The lowest BCUT2D eigenvalue weighted by Crippen LogP contribution is -2.24.